The van der Waals surface area contributed by atoms with E-state index >= 15 is 0 Å². The molecule has 2 saturated heterocycles. The van der Waals surface area contributed by atoms with E-state index in [9.17, 15) is 0 Å². The van der Waals surface area contributed by atoms with Crippen LogP contribution in [0.5, 0.6) is 0 Å². The number of hydrogen-bond donors (Lipinski definition) is 1. The van der Waals surface area contributed by atoms with Gasteiger partial charge in [0.05, 0.1) is 0 Å². The van der Waals surface area contributed by atoms with Crippen molar-refractivity contribution in [3.63, 3.8) is 0 Å². The van der Waals surface area contributed by atoms with Crippen molar-refractivity contribution in [2.75, 3.05) is 46.3 Å². The molecule has 1 N–H and O–H groups in total. The molecule has 3 nitrogen and oxygen atoms in total. The van der Waals surface area contributed by atoms with Crippen LogP contribution in [0.25, 0.3) is 0 Å². The molecular formula is C16H33N3. The molecule has 0 spiro atoms. The minimum atomic E-state index is 0.828. The highest BCUT2D eigenvalue weighted by molar-refractivity contribution is 4.80. The largest absolute Gasteiger partial charge is 0.317 e. The van der Waals surface area contributed by atoms with Crippen molar-refractivity contribution in [2.45, 2.75) is 51.5 Å². The van der Waals surface area contributed by atoms with E-state index in [2.05, 4.69) is 29.1 Å². The third-order valence-corrected chi connectivity index (χ3v) is 5.04. The predicted molar refractivity (Wildman–Crippen MR) is 82.6 cm³/mol. The Balaban J connectivity index is 1.57. The van der Waals surface area contributed by atoms with Crippen LogP contribution in [0.3, 0.4) is 0 Å². The van der Waals surface area contributed by atoms with Crippen LogP contribution in [0.2, 0.25) is 0 Å². The molecular weight excluding hydrogens is 234 g/mol. The number of nitrogens with zero attached hydrogens (tertiary/aromatic N) is 2. The van der Waals surface area contributed by atoms with Crippen molar-refractivity contribution >= 4 is 0 Å². The Morgan fingerprint density at radius 3 is 2.74 bits per heavy atom. The summed E-state index contributed by atoms with van der Waals surface area (Å²) >= 11 is 0. The summed E-state index contributed by atoms with van der Waals surface area (Å²) in [6.45, 7) is 9.91. The summed E-state index contributed by atoms with van der Waals surface area (Å²) in [7, 11) is 2.31. The molecule has 0 aromatic rings. The van der Waals surface area contributed by atoms with Crippen LogP contribution in [0, 0.1) is 5.92 Å². The van der Waals surface area contributed by atoms with Gasteiger partial charge in [-0.05, 0) is 84.2 Å². The smallest absolute Gasteiger partial charge is 0.0223 e. The average molecular weight is 267 g/mol. The molecule has 0 radical (unpaired) electrons. The molecule has 0 saturated carbocycles. The lowest BCUT2D eigenvalue weighted by Crippen LogP contribution is -2.39. The fraction of sp³-hybridized carbons (Fsp3) is 1.00. The van der Waals surface area contributed by atoms with Gasteiger partial charge < -0.3 is 10.2 Å². The van der Waals surface area contributed by atoms with Gasteiger partial charge in [-0.15, -0.1) is 0 Å². The topological polar surface area (TPSA) is 18.5 Å². The normalized spacial score (nSPS) is 26.4. The fourth-order valence-electron chi connectivity index (χ4n) is 3.79. The zero-order chi connectivity index (χ0) is 13.5. The highest BCUT2D eigenvalue weighted by atomic mass is 15.2. The predicted octanol–water partition coefficient (Wildman–Crippen LogP) is 2.18. The zero-order valence-electron chi connectivity index (χ0n) is 13.0. The van der Waals surface area contributed by atoms with Gasteiger partial charge >= 0.3 is 0 Å². The molecule has 3 heteroatoms. The number of piperidine rings is 1. The molecule has 2 heterocycles. The summed E-state index contributed by atoms with van der Waals surface area (Å²) in [5, 5.41) is 3.46. The van der Waals surface area contributed by atoms with Gasteiger partial charge in [0.1, 0.15) is 0 Å². The summed E-state index contributed by atoms with van der Waals surface area (Å²) in [5.41, 5.74) is 0. The van der Waals surface area contributed by atoms with Crippen molar-refractivity contribution in [3.05, 3.63) is 0 Å². The Morgan fingerprint density at radius 1 is 1.21 bits per heavy atom. The first-order valence-corrected chi connectivity index (χ1v) is 8.43. The lowest BCUT2D eigenvalue weighted by molar-refractivity contribution is 0.193. The van der Waals surface area contributed by atoms with Crippen LogP contribution in [0.15, 0.2) is 0 Å². The summed E-state index contributed by atoms with van der Waals surface area (Å²) in [4.78, 5) is 5.23. The van der Waals surface area contributed by atoms with Crippen LogP contribution < -0.4 is 5.32 Å². The van der Waals surface area contributed by atoms with Crippen LogP contribution in [-0.2, 0) is 0 Å². The highest BCUT2D eigenvalue weighted by Crippen LogP contribution is 2.19. The molecule has 0 aliphatic carbocycles. The molecule has 0 aromatic heterocycles. The summed E-state index contributed by atoms with van der Waals surface area (Å²) in [6.07, 6.45) is 8.44. The first-order valence-electron chi connectivity index (χ1n) is 8.43. The van der Waals surface area contributed by atoms with E-state index in [0.717, 1.165) is 12.0 Å². The van der Waals surface area contributed by atoms with Crippen molar-refractivity contribution < 1.29 is 0 Å². The molecule has 2 aliphatic heterocycles. The molecule has 19 heavy (non-hydrogen) atoms. The van der Waals surface area contributed by atoms with Crippen LogP contribution in [-0.4, -0.2) is 62.2 Å². The maximum Gasteiger partial charge on any atom is 0.0223 e. The fourth-order valence-corrected chi connectivity index (χ4v) is 3.79. The molecule has 0 amide bonds. The Labute approximate surface area is 119 Å². The molecule has 112 valence electrons. The number of rotatable bonds is 7. The molecule has 0 bridgehead atoms. The molecule has 1 unspecified atom stereocenters. The lowest BCUT2D eigenvalue weighted by Gasteiger charge is -2.28. The van der Waals surface area contributed by atoms with Gasteiger partial charge in [-0.25, -0.2) is 0 Å². The Bertz CT molecular complexity index is 238. The van der Waals surface area contributed by atoms with Crippen LogP contribution >= 0.6 is 0 Å². The van der Waals surface area contributed by atoms with Crippen molar-refractivity contribution in [3.8, 4) is 0 Å². The second-order valence-electron chi connectivity index (χ2n) is 6.52. The molecule has 0 aromatic carbocycles. The van der Waals surface area contributed by atoms with E-state index in [1.807, 2.05) is 0 Å². The standard InChI is InChI=1S/C16H33N3/c1-3-19-13-5-7-16(19)14-18(2)12-4-6-15-8-10-17-11-9-15/h15-17H,3-14H2,1-2H3. The second kappa shape index (κ2) is 8.23. The zero-order valence-corrected chi connectivity index (χ0v) is 13.0. The van der Waals surface area contributed by atoms with Crippen molar-refractivity contribution in [2.24, 2.45) is 5.92 Å². The number of likely N-dealkylation sites (N-methyl/N-ethyl adjacent to an activating group) is 2. The lowest BCUT2D eigenvalue weighted by atomic mass is 9.93. The first kappa shape index (κ1) is 15.3. The Morgan fingerprint density at radius 2 is 2.00 bits per heavy atom. The third-order valence-electron chi connectivity index (χ3n) is 5.04. The van der Waals surface area contributed by atoms with E-state index in [4.69, 9.17) is 0 Å². The molecule has 2 rings (SSSR count). The summed E-state index contributed by atoms with van der Waals surface area (Å²) in [5.74, 6) is 0.994. The van der Waals surface area contributed by atoms with E-state index in [1.165, 1.54) is 77.8 Å². The minimum Gasteiger partial charge on any atom is -0.317 e. The van der Waals surface area contributed by atoms with Gasteiger partial charge in [-0.2, -0.15) is 0 Å². The SMILES string of the molecule is CCN1CCCC1CN(C)CCCC1CCNCC1. The molecule has 2 aliphatic rings. The second-order valence-corrected chi connectivity index (χ2v) is 6.52. The van der Waals surface area contributed by atoms with E-state index in [1.54, 1.807) is 0 Å². The van der Waals surface area contributed by atoms with E-state index < -0.39 is 0 Å². The maximum atomic E-state index is 3.46. The Kier molecular flexibility index (Phi) is 6.62. The van der Waals surface area contributed by atoms with E-state index in [0.29, 0.717) is 0 Å². The Hall–Kier alpha value is -0.120. The first-order chi connectivity index (χ1) is 9.29. The monoisotopic (exact) mass is 267 g/mol. The van der Waals surface area contributed by atoms with E-state index in [-0.39, 0.29) is 0 Å². The summed E-state index contributed by atoms with van der Waals surface area (Å²) in [6, 6.07) is 0.828. The van der Waals surface area contributed by atoms with Gasteiger partial charge in [0.2, 0.25) is 0 Å². The molecule has 2 fully saturated rings. The number of nitrogens with one attached hydrogen (secondary N) is 1. The van der Waals surface area contributed by atoms with Gasteiger partial charge in [-0.3, -0.25) is 4.90 Å². The van der Waals surface area contributed by atoms with Gasteiger partial charge in [0.25, 0.3) is 0 Å². The van der Waals surface area contributed by atoms with Crippen molar-refractivity contribution in [1.82, 2.24) is 15.1 Å². The summed E-state index contributed by atoms with van der Waals surface area (Å²) < 4.78 is 0. The highest BCUT2D eigenvalue weighted by Gasteiger charge is 2.23. The third kappa shape index (κ3) is 5.05. The van der Waals surface area contributed by atoms with Gasteiger partial charge in [-0.1, -0.05) is 6.92 Å². The minimum absolute atomic E-state index is 0.828. The van der Waals surface area contributed by atoms with Crippen LogP contribution in [0.4, 0.5) is 0 Å². The van der Waals surface area contributed by atoms with Gasteiger partial charge in [0.15, 0.2) is 0 Å². The number of likely N-dealkylation sites (tertiary alicyclic amines) is 1. The quantitative estimate of drug-likeness (QED) is 0.763. The molecule has 1 atom stereocenters. The average Bonchev–Trinajstić information content (AvgIpc) is 2.87. The van der Waals surface area contributed by atoms with Crippen molar-refractivity contribution in [1.29, 1.82) is 0 Å². The maximum absolute atomic E-state index is 3.46. The van der Waals surface area contributed by atoms with Crippen LogP contribution in [0.1, 0.15) is 45.4 Å². The van der Waals surface area contributed by atoms with Gasteiger partial charge in [0, 0.05) is 12.6 Å². The number of hydrogen-bond acceptors (Lipinski definition) is 3.